The van der Waals surface area contributed by atoms with E-state index in [0.29, 0.717) is 18.0 Å². The van der Waals surface area contributed by atoms with Gasteiger partial charge in [-0.1, -0.05) is 31.9 Å². The second kappa shape index (κ2) is 7.97. The van der Waals surface area contributed by atoms with Crippen molar-refractivity contribution >= 4 is 5.97 Å². The number of piperidine rings is 1. The van der Waals surface area contributed by atoms with E-state index in [9.17, 15) is 4.79 Å². The maximum absolute atomic E-state index is 12.8. The van der Waals surface area contributed by atoms with Gasteiger partial charge in [-0.05, 0) is 56.4 Å². The summed E-state index contributed by atoms with van der Waals surface area (Å²) in [7, 11) is 0. The first-order valence-corrected chi connectivity index (χ1v) is 12.2. The van der Waals surface area contributed by atoms with Crippen molar-refractivity contribution in [3.8, 4) is 0 Å². The largest absolute Gasteiger partial charge is 0.461 e. The second-order valence-electron chi connectivity index (χ2n) is 10.6. The third kappa shape index (κ3) is 3.79. The smallest absolute Gasteiger partial charge is 0.311 e. The van der Waals surface area contributed by atoms with Crippen LogP contribution < -0.4 is 5.32 Å². The molecule has 5 rings (SSSR count). The van der Waals surface area contributed by atoms with E-state index in [2.05, 4.69) is 35.0 Å². The molecule has 5 aliphatic rings. The third-order valence-electron chi connectivity index (χ3n) is 8.67. The zero-order valence-corrected chi connectivity index (χ0v) is 18.4. The van der Waals surface area contributed by atoms with Crippen molar-refractivity contribution < 1.29 is 9.53 Å². The molecule has 3 aliphatic heterocycles. The summed E-state index contributed by atoms with van der Waals surface area (Å²) in [5, 5.41) is 3.68. The van der Waals surface area contributed by atoms with Crippen LogP contribution in [0.15, 0.2) is 11.6 Å². The highest BCUT2D eigenvalue weighted by atomic mass is 16.6. The Balaban J connectivity index is 1.23. The van der Waals surface area contributed by atoms with Crippen molar-refractivity contribution in [2.24, 2.45) is 23.2 Å². The lowest BCUT2D eigenvalue weighted by Crippen LogP contribution is -2.56. The van der Waals surface area contributed by atoms with E-state index in [0.717, 1.165) is 45.7 Å². The van der Waals surface area contributed by atoms with Crippen LogP contribution in [0.2, 0.25) is 0 Å². The van der Waals surface area contributed by atoms with Gasteiger partial charge in [-0.2, -0.15) is 0 Å². The second-order valence-corrected chi connectivity index (χ2v) is 10.6. The molecule has 3 heterocycles. The quantitative estimate of drug-likeness (QED) is 0.582. The van der Waals surface area contributed by atoms with Crippen LogP contribution in [0.1, 0.15) is 58.8 Å². The average Bonchev–Trinajstić information content (AvgIpc) is 3.01. The molecule has 0 radical (unpaired) electrons. The summed E-state index contributed by atoms with van der Waals surface area (Å²) in [5.74, 6) is 1.05. The zero-order chi connectivity index (χ0) is 20.0. The zero-order valence-electron chi connectivity index (χ0n) is 18.4. The molecule has 0 aromatic carbocycles. The number of hydrogen-bond donors (Lipinski definition) is 1. The summed E-state index contributed by atoms with van der Waals surface area (Å²) < 4.78 is 5.95. The van der Waals surface area contributed by atoms with E-state index in [1.165, 1.54) is 38.5 Å². The van der Waals surface area contributed by atoms with Crippen LogP contribution in [-0.4, -0.2) is 67.3 Å². The average molecular weight is 402 g/mol. The Morgan fingerprint density at radius 1 is 1.17 bits per heavy atom. The predicted octanol–water partition coefficient (Wildman–Crippen LogP) is 3.02. The third-order valence-corrected chi connectivity index (χ3v) is 8.67. The molecule has 162 valence electrons. The van der Waals surface area contributed by atoms with Crippen LogP contribution in [0.3, 0.4) is 0 Å². The molecule has 0 bridgehead atoms. The van der Waals surface area contributed by atoms with Crippen LogP contribution in [-0.2, 0) is 9.53 Å². The van der Waals surface area contributed by atoms with Crippen molar-refractivity contribution in [1.82, 2.24) is 15.1 Å². The Labute approximate surface area is 176 Å². The minimum absolute atomic E-state index is 0.0329. The molecular formula is C24H39N3O2. The van der Waals surface area contributed by atoms with E-state index in [1.54, 1.807) is 5.57 Å². The number of fused-ring (bicyclic) bond motifs is 2. The van der Waals surface area contributed by atoms with Crippen molar-refractivity contribution in [3.63, 3.8) is 0 Å². The first kappa shape index (κ1) is 20.0. The Kier molecular flexibility index (Phi) is 5.50. The van der Waals surface area contributed by atoms with Gasteiger partial charge in [-0.3, -0.25) is 14.6 Å². The number of piperazine rings is 1. The molecule has 5 heteroatoms. The maximum Gasteiger partial charge on any atom is 0.311 e. The van der Waals surface area contributed by atoms with Gasteiger partial charge in [0.2, 0.25) is 0 Å². The SMILES string of the molecule is C[C@@H]1CCC[C@@]2(C)C[C@H]3OC(=O)[C@H](CN4CCN(C5CCCCN5)CC4)[C@@H]3C=C12. The van der Waals surface area contributed by atoms with Crippen LogP contribution >= 0.6 is 0 Å². The molecule has 0 aromatic heterocycles. The Morgan fingerprint density at radius 3 is 2.76 bits per heavy atom. The van der Waals surface area contributed by atoms with Gasteiger partial charge < -0.3 is 10.1 Å². The van der Waals surface area contributed by atoms with Crippen molar-refractivity contribution in [2.75, 3.05) is 39.3 Å². The van der Waals surface area contributed by atoms with Gasteiger partial charge in [-0.15, -0.1) is 0 Å². The number of nitrogens with zero attached hydrogens (tertiary/aromatic N) is 2. The molecule has 3 saturated heterocycles. The number of carbonyl (C=O) groups is 1. The molecule has 1 saturated carbocycles. The Hall–Kier alpha value is -0.910. The fourth-order valence-corrected chi connectivity index (χ4v) is 6.94. The number of carbonyl (C=O) groups excluding carboxylic acids is 1. The van der Waals surface area contributed by atoms with E-state index >= 15 is 0 Å². The normalized spacial score (nSPS) is 44.0. The van der Waals surface area contributed by atoms with Gasteiger partial charge in [0.25, 0.3) is 0 Å². The van der Waals surface area contributed by atoms with Gasteiger partial charge in [0.15, 0.2) is 0 Å². The van der Waals surface area contributed by atoms with Crippen molar-refractivity contribution in [3.05, 3.63) is 11.6 Å². The Morgan fingerprint density at radius 2 is 2.00 bits per heavy atom. The van der Waals surface area contributed by atoms with Gasteiger partial charge in [0.1, 0.15) is 6.10 Å². The van der Waals surface area contributed by atoms with E-state index < -0.39 is 0 Å². The molecule has 2 aliphatic carbocycles. The molecule has 29 heavy (non-hydrogen) atoms. The van der Waals surface area contributed by atoms with E-state index in [-0.39, 0.29) is 23.4 Å². The maximum atomic E-state index is 12.8. The number of allylic oxidation sites excluding steroid dienone is 1. The highest BCUT2D eigenvalue weighted by Gasteiger charge is 2.52. The summed E-state index contributed by atoms with van der Waals surface area (Å²) in [4.78, 5) is 18.0. The summed E-state index contributed by atoms with van der Waals surface area (Å²) in [6.07, 6.45) is 12.0. The summed E-state index contributed by atoms with van der Waals surface area (Å²) in [6, 6.07) is 0. The Bertz CT molecular complexity index is 651. The van der Waals surface area contributed by atoms with Crippen LogP contribution in [0.5, 0.6) is 0 Å². The topological polar surface area (TPSA) is 44.8 Å². The highest BCUT2D eigenvalue weighted by molar-refractivity contribution is 5.76. The lowest BCUT2D eigenvalue weighted by molar-refractivity contribution is -0.145. The van der Waals surface area contributed by atoms with E-state index in [4.69, 9.17) is 4.74 Å². The lowest BCUT2D eigenvalue weighted by atomic mass is 9.59. The van der Waals surface area contributed by atoms with Gasteiger partial charge in [0, 0.05) is 38.6 Å². The van der Waals surface area contributed by atoms with Crippen molar-refractivity contribution in [2.45, 2.75) is 71.1 Å². The van der Waals surface area contributed by atoms with Gasteiger partial charge in [-0.25, -0.2) is 0 Å². The molecule has 1 N–H and O–H groups in total. The lowest BCUT2D eigenvalue weighted by Gasteiger charge is -2.46. The number of ether oxygens (including phenoxy) is 1. The molecule has 0 amide bonds. The first-order valence-electron chi connectivity index (χ1n) is 12.2. The summed E-state index contributed by atoms with van der Waals surface area (Å²) >= 11 is 0. The number of rotatable bonds is 3. The minimum Gasteiger partial charge on any atom is -0.461 e. The predicted molar refractivity (Wildman–Crippen MR) is 114 cm³/mol. The molecule has 6 atom stereocenters. The van der Waals surface area contributed by atoms with Gasteiger partial charge in [0.05, 0.1) is 12.1 Å². The standard InChI is InChI=1S/C24H39N3O2/c1-17-6-5-8-24(2)15-21-18(14-20(17)24)19(23(28)29-21)16-26-10-12-27(13-11-26)22-7-3-4-9-25-22/h14,17-19,21-22,25H,3-13,15-16H2,1-2H3/t17-,18+,19-,21-,22?,24+/m1/s1. The summed E-state index contributed by atoms with van der Waals surface area (Å²) in [5.41, 5.74) is 1.88. The molecule has 0 aromatic rings. The number of esters is 1. The molecule has 1 unspecified atom stereocenters. The number of hydrogen-bond acceptors (Lipinski definition) is 5. The van der Waals surface area contributed by atoms with Crippen LogP contribution in [0.25, 0.3) is 0 Å². The molecule has 0 spiro atoms. The summed E-state index contributed by atoms with van der Waals surface area (Å²) in [6.45, 7) is 11.2. The molecular weight excluding hydrogens is 362 g/mol. The monoisotopic (exact) mass is 401 g/mol. The van der Waals surface area contributed by atoms with Gasteiger partial charge >= 0.3 is 5.97 Å². The fraction of sp³-hybridized carbons (Fsp3) is 0.875. The molecule has 4 fully saturated rings. The minimum atomic E-state index is 0.0329. The van der Waals surface area contributed by atoms with E-state index in [1.807, 2.05) is 0 Å². The van der Waals surface area contributed by atoms with Crippen LogP contribution in [0, 0.1) is 23.2 Å². The molecule has 5 nitrogen and oxygen atoms in total. The fourth-order valence-electron chi connectivity index (χ4n) is 6.94. The highest BCUT2D eigenvalue weighted by Crippen LogP contribution is 2.54. The first-order chi connectivity index (χ1) is 14.0. The van der Waals surface area contributed by atoms with Crippen molar-refractivity contribution in [1.29, 1.82) is 0 Å². The number of nitrogens with one attached hydrogen (secondary N) is 1. The van der Waals surface area contributed by atoms with Crippen LogP contribution in [0.4, 0.5) is 0 Å².